The lowest BCUT2D eigenvalue weighted by Crippen LogP contribution is -2.09. The van der Waals surface area contributed by atoms with Crippen LogP contribution in [0.2, 0.25) is 0 Å². The van der Waals surface area contributed by atoms with Crippen LogP contribution in [0.4, 0.5) is 0 Å². The molecule has 0 amide bonds. The number of esters is 1. The molecule has 0 N–H and O–H groups in total. The van der Waals surface area contributed by atoms with Crippen LogP contribution in [0.25, 0.3) is 0 Å². The number of hydrogen-bond donors (Lipinski definition) is 0. The molecule has 0 radical (unpaired) electrons. The Morgan fingerprint density at radius 2 is 2.36 bits per heavy atom. The summed E-state index contributed by atoms with van der Waals surface area (Å²) in [6.45, 7) is 0. The number of methoxy groups -OCH3 is 1. The van der Waals surface area contributed by atoms with Crippen LogP contribution in [0.15, 0.2) is 18.3 Å². The molecule has 1 aromatic heterocycles. The Hall–Kier alpha value is -1.32. The standard InChI is InChI=1S/C7H8BNO2/c1-11-7(10)6-3-2-5(8)4-9-6/h2-4H,8H2,1H3. The highest BCUT2D eigenvalue weighted by Gasteiger charge is 2.04. The fourth-order valence-corrected chi connectivity index (χ4v) is 0.693. The van der Waals surface area contributed by atoms with Crippen LogP contribution >= 0.6 is 0 Å². The van der Waals surface area contributed by atoms with Crippen LogP contribution in [0.5, 0.6) is 0 Å². The summed E-state index contributed by atoms with van der Waals surface area (Å²) < 4.78 is 4.47. The molecule has 3 nitrogen and oxygen atoms in total. The Balaban J connectivity index is 2.90. The summed E-state index contributed by atoms with van der Waals surface area (Å²) in [4.78, 5) is 14.7. The van der Waals surface area contributed by atoms with Gasteiger partial charge in [-0.1, -0.05) is 11.5 Å². The zero-order valence-electron chi connectivity index (χ0n) is 6.50. The van der Waals surface area contributed by atoms with Gasteiger partial charge >= 0.3 is 5.97 Å². The van der Waals surface area contributed by atoms with Gasteiger partial charge in [-0.05, 0) is 6.07 Å². The number of hydrogen-bond acceptors (Lipinski definition) is 3. The van der Waals surface area contributed by atoms with Gasteiger partial charge in [0.1, 0.15) is 13.5 Å². The summed E-state index contributed by atoms with van der Waals surface area (Å²) in [6.07, 6.45) is 1.63. The van der Waals surface area contributed by atoms with Crippen LogP contribution in [0, 0.1) is 0 Å². The third kappa shape index (κ3) is 1.80. The second-order valence-corrected chi connectivity index (χ2v) is 2.21. The normalized spacial score (nSPS) is 9.18. The van der Waals surface area contributed by atoms with Crippen LogP contribution in [0.3, 0.4) is 0 Å². The number of carbonyl (C=O) groups is 1. The van der Waals surface area contributed by atoms with Gasteiger partial charge in [0.2, 0.25) is 0 Å². The first-order chi connectivity index (χ1) is 5.24. The first-order valence-electron chi connectivity index (χ1n) is 3.25. The van der Waals surface area contributed by atoms with Gasteiger partial charge in [-0.25, -0.2) is 9.78 Å². The van der Waals surface area contributed by atoms with Gasteiger partial charge in [0.05, 0.1) is 7.11 Å². The maximum absolute atomic E-state index is 10.8. The molecule has 0 aliphatic rings. The molecule has 0 unspecified atom stereocenters. The zero-order chi connectivity index (χ0) is 8.27. The van der Waals surface area contributed by atoms with E-state index in [1.54, 1.807) is 12.3 Å². The van der Waals surface area contributed by atoms with Crippen molar-refractivity contribution in [3.05, 3.63) is 24.0 Å². The molecule has 0 aliphatic heterocycles. The van der Waals surface area contributed by atoms with Crippen molar-refractivity contribution in [2.24, 2.45) is 0 Å². The predicted molar refractivity (Wildman–Crippen MR) is 43.8 cm³/mol. The van der Waals surface area contributed by atoms with E-state index in [1.165, 1.54) is 7.11 Å². The second-order valence-electron chi connectivity index (χ2n) is 2.21. The molecule has 56 valence electrons. The number of nitrogens with zero attached hydrogens (tertiary/aromatic N) is 1. The van der Waals surface area contributed by atoms with Crippen molar-refractivity contribution in [1.82, 2.24) is 4.98 Å². The van der Waals surface area contributed by atoms with Crippen molar-refractivity contribution in [2.45, 2.75) is 0 Å². The summed E-state index contributed by atoms with van der Waals surface area (Å²) in [5.41, 5.74) is 1.37. The average Bonchev–Trinajstić information content (AvgIpc) is 2.05. The van der Waals surface area contributed by atoms with Gasteiger partial charge in [0, 0.05) is 6.20 Å². The molecule has 1 aromatic rings. The number of ether oxygens (including phenoxy) is 1. The minimum atomic E-state index is -0.398. The summed E-state index contributed by atoms with van der Waals surface area (Å²) >= 11 is 0. The fourth-order valence-electron chi connectivity index (χ4n) is 0.693. The minimum Gasteiger partial charge on any atom is -0.464 e. The minimum absolute atomic E-state index is 0.345. The van der Waals surface area contributed by atoms with E-state index >= 15 is 0 Å². The smallest absolute Gasteiger partial charge is 0.356 e. The summed E-state index contributed by atoms with van der Waals surface area (Å²) in [5, 5.41) is 0. The molecule has 1 rings (SSSR count). The number of rotatable bonds is 1. The molecule has 0 aliphatic carbocycles. The van der Waals surface area contributed by atoms with E-state index in [0.29, 0.717) is 5.69 Å². The average molecular weight is 149 g/mol. The molecule has 0 atom stereocenters. The molecule has 0 saturated heterocycles. The molecule has 4 heteroatoms. The topological polar surface area (TPSA) is 39.2 Å². The van der Waals surface area contributed by atoms with Crippen molar-refractivity contribution < 1.29 is 9.53 Å². The van der Waals surface area contributed by atoms with Crippen LogP contribution < -0.4 is 5.46 Å². The fraction of sp³-hybridized carbons (Fsp3) is 0.143. The van der Waals surface area contributed by atoms with E-state index in [2.05, 4.69) is 9.72 Å². The Labute approximate surface area is 65.8 Å². The molecule has 0 spiro atoms. The van der Waals surface area contributed by atoms with Gasteiger partial charge in [-0.3, -0.25) is 0 Å². The van der Waals surface area contributed by atoms with Gasteiger partial charge in [-0.2, -0.15) is 0 Å². The van der Waals surface area contributed by atoms with E-state index < -0.39 is 5.97 Å². The van der Waals surface area contributed by atoms with Gasteiger partial charge in [-0.15, -0.1) is 0 Å². The van der Waals surface area contributed by atoms with E-state index in [9.17, 15) is 4.79 Å². The maximum atomic E-state index is 10.8. The van der Waals surface area contributed by atoms with Crippen LogP contribution in [-0.4, -0.2) is 25.9 Å². The maximum Gasteiger partial charge on any atom is 0.356 e. The quantitative estimate of drug-likeness (QED) is 0.384. The zero-order valence-corrected chi connectivity index (χ0v) is 6.50. The Kier molecular flexibility index (Phi) is 2.26. The van der Waals surface area contributed by atoms with E-state index in [0.717, 1.165) is 5.46 Å². The molecule has 0 aromatic carbocycles. The lowest BCUT2D eigenvalue weighted by molar-refractivity contribution is 0.0594. The first kappa shape index (κ1) is 7.79. The number of carbonyl (C=O) groups excluding carboxylic acids is 1. The molecule has 11 heavy (non-hydrogen) atoms. The Morgan fingerprint density at radius 1 is 1.64 bits per heavy atom. The SMILES string of the molecule is Bc1ccc(C(=O)OC)nc1. The highest BCUT2D eigenvalue weighted by molar-refractivity contribution is 6.32. The van der Waals surface area contributed by atoms with Crippen molar-refractivity contribution in [3.63, 3.8) is 0 Å². The highest BCUT2D eigenvalue weighted by Crippen LogP contribution is 1.92. The molecular weight excluding hydrogens is 141 g/mol. The van der Waals surface area contributed by atoms with Gasteiger partial charge < -0.3 is 4.74 Å². The molecule has 0 saturated carbocycles. The molecule has 1 heterocycles. The Bertz CT molecular complexity index is 258. The van der Waals surface area contributed by atoms with E-state index in [4.69, 9.17) is 0 Å². The van der Waals surface area contributed by atoms with Crippen molar-refractivity contribution in [3.8, 4) is 0 Å². The monoisotopic (exact) mass is 149 g/mol. The van der Waals surface area contributed by atoms with Crippen molar-refractivity contribution in [2.75, 3.05) is 7.11 Å². The van der Waals surface area contributed by atoms with E-state index in [-0.39, 0.29) is 0 Å². The van der Waals surface area contributed by atoms with Crippen molar-refractivity contribution in [1.29, 1.82) is 0 Å². The van der Waals surface area contributed by atoms with Gasteiger partial charge in [0.15, 0.2) is 0 Å². The van der Waals surface area contributed by atoms with E-state index in [1.807, 2.05) is 13.9 Å². The first-order valence-corrected chi connectivity index (χ1v) is 3.25. The van der Waals surface area contributed by atoms with Crippen LogP contribution in [0.1, 0.15) is 10.5 Å². The third-order valence-corrected chi connectivity index (χ3v) is 1.31. The van der Waals surface area contributed by atoms with Gasteiger partial charge in [0.25, 0.3) is 0 Å². The number of aromatic nitrogens is 1. The van der Waals surface area contributed by atoms with Crippen LogP contribution in [-0.2, 0) is 4.74 Å². The molecular formula is C7H8BNO2. The predicted octanol–water partition coefficient (Wildman–Crippen LogP) is -0.873. The second kappa shape index (κ2) is 3.19. The lowest BCUT2D eigenvalue weighted by atomic mass is 9.99. The molecule has 0 bridgehead atoms. The molecule has 0 fully saturated rings. The summed E-state index contributed by atoms with van der Waals surface area (Å²) in [7, 11) is 3.25. The number of pyridine rings is 1. The van der Waals surface area contributed by atoms with Crippen molar-refractivity contribution >= 4 is 19.3 Å². The third-order valence-electron chi connectivity index (χ3n) is 1.31. The summed E-state index contributed by atoms with van der Waals surface area (Å²) in [5.74, 6) is -0.398. The highest BCUT2D eigenvalue weighted by atomic mass is 16.5. The summed E-state index contributed by atoms with van der Waals surface area (Å²) in [6, 6.07) is 3.46. The lowest BCUT2D eigenvalue weighted by Gasteiger charge is -1.96. The Morgan fingerprint density at radius 3 is 2.82 bits per heavy atom. The largest absolute Gasteiger partial charge is 0.464 e.